The van der Waals surface area contributed by atoms with Gasteiger partial charge in [-0.2, -0.15) is 0 Å². The SMILES string of the molecule is CCCCN(c1cc(CNC)cc(CCC)n1)C1CC1. The van der Waals surface area contributed by atoms with Gasteiger partial charge < -0.3 is 10.2 Å². The van der Waals surface area contributed by atoms with Crippen molar-refractivity contribution in [2.24, 2.45) is 0 Å². The van der Waals surface area contributed by atoms with E-state index < -0.39 is 0 Å². The average Bonchev–Trinajstić information content (AvgIpc) is 3.24. The normalized spacial score (nSPS) is 14.6. The summed E-state index contributed by atoms with van der Waals surface area (Å²) in [4.78, 5) is 7.46. The molecule has 1 aliphatic carbocycles. The summed E-state index contributed by atoms with van der Waals surface area (Å²) in [5.41, 5.74) is 2.61. The quantitative estimate of drug-likeness (QED) is 0.747. The van der Waals surface area contributed by atoms with Gasteiger partial charge in [-0.05, 0) is 50.4 Å². The molecular formula is C17H29N3. The smallest absolute Gasteiger partial charge is 0.129 e. The summed E-state index contributed by atoms with van der Waals surface area (Å²) in [7, 11) is 2.01. The lowest BCUT2D eigenvalue weighted by Crippen LogP contribution is -2.28. The maximum atomic E-state index is 4.92. The first-order chi connectivity index (χ1) is 9.78. The van der Waals surface area contributed by atoms with Crippen LogP contribution in [0, 0.1) is 0 Å². The largest absolute Gasteiger partial charge is 0.354 e. The molecule has 0 radical (unpaired) electrons. The standard InChI is InChI=1S/C17H29N3/c1-4-6-10-20(16-8-9-16)17-12-14(13-18-3)11-15(19-17)7-5-2/h11-12,16,18H,4-10,13H2,1-3H3. The zero-order chi connectivity index (χ0) is 14.4. The van der Waals surface area contributed by atoms with E-state index in [1.807, 2.05) is 7.05 Å². The summed E-state index contributed by atoms with van der Waals surface area (Å²) in [6, 6.07) is 5.28. The third-order valence-electron chi connectivity index (χ3n) is 3.85. The van der Waals surface area contributed by atoms with Crippen molar-refractivity contribution in [3.8, 4) is 0 Å². The Kier molecular flexibility index (Phi) is 5.84. The molecule has 0 aromatic carbocycles. The molecule has 0 atom stereocenters. The van der Waals surface area contributed by atoms with Crippen molar-refractivity contribution >= 4 is 5.82 Å². The van der Waals surface area contributed by atoms with Crippen molar-refractivity contribution in [2.75, 3.05) is 18.5 Å². The van der Waals surface area contributed by atoms with Gasteiger partial charge >= 0.3 is 0 Å². The molecule has 112 valence electrons. The highest BCUT2D eigenvalue weighted by Gasteiger charge is 2.29. The van der Waals surface area contributed by atoms with E-state index >= 15 is 0 Å². The Morgan fingerprint density at radius 1 is 1.25 bits per heavy atom. The van der Waals surface area contributed by atoms with Crippen LogP contribution in [-0.4, -0.2) is 24.6 Å². The van der Waals surface area contributed by atoms with E-state index in [4.69, 9.17) is 4.98 Å². The van der Waals surface area contributed by atoms with Crippen molar-refractivity contribution in [2.45, 2.75) is 65.0 Å². The number of aromatic nitrogens is 1. The fourth-order valence-electron chi connectivity index (χ4n) is 2.67. The van der Waals surface area contributed by atoms with Gasteiger partial charge in [-0.25, -0.2) is 4.98 Å². The topological polar surface area (TPSA) is 28.2 Å². The van der Waals surface area contributed by atoms with Crippen LogP contribution in [-0.2, 0) is 13.0 Å². The Balaban J connectivity index is 2.21. The van der Waals surface area contributed by atoms with E-state index in [0.29, 0.717) is 0 Å². The van der Waals surface area contributed by atoms with Gasteiger partial charge in [0.15, 0.2) is 0 Å². The van der Waals surface area contributed by atoms with E-state index in [0.717, 1.165) is 32.0 Å². The van der Waals surface area contributed by atoms with Crippen LogP contribution in [0.4, 0.5) is 5.82 Å². The molecule has 1 saturated carbocycles. The first kappa shape index (κ1) is 15.3. The first-order valence-corrected chi connectivity index (χ1v) is 8.19. The highest BCUT2D eigenvalue weighted by molar-refractivity contribution is 5.45. The molecule has 0 spiro atoms. The van der Waals surface area contributed by atoms with Gasteiger partial charge in [-0.1, -0.05) is 26.7 Å². The number of nitrogens with zero attached hydrogens (tertiary/aromatic N) is 2. The predicted octanol–water partition coefficient (Wildman–Crippen LogP) is 3.52. The summed E-state index contributed by atoms with van der Waals surface area (Å²) in [6.45, 7) is 6.57. The van der Waals surface area contributed by atoms with Crippen molar-refractivity contribution in [1.82, 2.24) is 10.3 Å². The Hall–Kier alpha value is -1.09. The second-order valence-electron chi connectivity index (χ2n) is 5.88. The van der Waals surface area contributed by atoms with E-state index in [2.05, 4.69) is 36.2 Å². The molecule has 3 nitrogen and oxygen atoms in total. The lowest BCUT2D eigenvalue weighted by Gasteiger charge is -2.24. The Bertz CT molecular complexity index is 388. The minimum atomic E-state index is 0.744. The van der Waals surface area contributed by atoms with Gasteiger partial charge in [0, 0.05) is 24.8 Å². The van der Waals surface area contributed by atoms with Crippen LogP contribution in [0.2, 0.25) is 0 Å². The van der Waals surface area contributed by atoms with Gasteiger partial charge in [0.25, 0.3) is 0 Å². The Labute approximate surface area is 123 Å². The van der Waals surface area contributed by atoms with Crippen LogP contribution in [0.25, 0.3) is 0 Å². The van der Waals surface area contributed by atoms with Gasteiger partial charge in [0.1, 0.15) is 5.82 Å². The van der Waals surface area contributed by atoms with E-state index in [1.165, 1.54) is 42.8 Å². The lowest BCUT2D eigenvalue weighted by atomic mass is 10.1. The van der Waals surface area contributed by atoms with Crippen molar-refractivity contribution in [3.05, 3.63) is 23.4 Å². The van der Waals surface area contributed by atoms with Gasteiger partial charge in [0.05, 0.1) is 0 Å². The monoisotopic (exact) mass is 275 g/mol. The number of unbranched alkanes of at least 4 members (excludes halogenated alkanes) is 1. The molecule has 1 aliphatic rings. The molecule has 3 heteroatoms. The minimum Gasteiger partial charge on any atom is -0.354 e. The average molecular weight is 275 g/mol. The van der Waals surface area contributed by atoms with E-state index in [9.17, 15) is 0 Å². The van der Waals surface area contributed by atoms with Crippen LogP contribution in [0.3, 0.4) is 0 Å². The van der Waals surface area contributed by atoms with Crippen molar-refractivity contribution < 1.29 is 0 Å². The van der Waals surface area contributed by atoms with E-state index in [-0.39, 0.29) is 0 Å². The Morgan fingerprint density at radius 2 is 2.05 bits per heavy atom. The van der Waals surface area contributed by atoms with Gasteiger partial charge in [-0.3, -0.25) is 0 Å². The third kappa shape index (κ3) is 4.20. The molecule has 2 rings (SSSR count). The van der Waals surface area contributed by atoms with Crippen LogP contribution in [0.5, 0.6) is 0 Å². The maximum Gasteiger partial charge on any atom is 0.129 e. The molecule has 0 unspecified atom stereocenters. The molecule has 1 heterocycles. The summed E-state index contributed by atoms with van der Waals surface area (Å²) in [5, 5.41) is 3.26. The van der Waals surface area contributed by atoms with Crippen LogP contribution in [0.15, 0.2) is 12.1 Å². The fourth-order valence-corrected chi connectivity index (χ4v) is 2.67. The maximum absolute atomic E-state index is 4.92. The zero-order valence-electron chi connectivity index (χ0n) is 13.3. The van der Waals surface area contributed by atoms with Crippen LogP contribution < -0.4 is 10.2 Å². The molecular weight excluding hydrogens is 246 g/mol. The lowest BCUT2D eigenvalue weighted by molar-refractivity contribution is 0.699. The van der Waals surface area contributed by atoms with Crippen LogP contribution >= 0.6 is 0 Å². The number of aryl methyl sites for hydroxylation is 1. The first-order valence-electron chi connectivity index (χ1n) is 8.19. The van der Waals surface area contributed by atoms with Gasteiger partial charge in [0.2, 0.25) is 0 Å². The molecule has 0 bridgehead atoms. The van der Waals surface area contributed by atoms with E-state index in [1.54, 1.807) is 0 Å². The van der Waals surface area contributed by atoms with Crippen molar-refractivity contribution in [1.29, 1.82) is 0 Å². The molecule has 1 N–H and O–H groups in total. The number of hydrogen-bond acceptors (Lipinski definition) is 3. The second-order valence-corrected chi connectivity index (χ2v) is 5.88. The highest BCUT2D eigenvalue weighted by Crippen LogP contribution is 2.31. The fraction of sp³-hybridized carbons (Fsp3) is 0.706. The Morgan fingerprint density at radius 3 is 2.65 bits per heavy atom. The number of hydrogen-bond donors (Lipinski definition) is 1. The number of rotatable bonds is 9. The third-order valence-corrected chi connectivity index (χ3v) is 3.85. The van der Waals surface area contributed by atoms with Gasteiger partial charge in [-0.15, -0.1) is 0 Å². The van der Waals surface area contributed by atoms with Crippen LogP contribution in [0.1, 0.15) is 57.2 Å². The number of pyridine rings is 1. The summed E-state index contributed by atoms with van der Waals surface area (Å²) >= 11 is 0. The summed E-state index contributed by atoms with van der Waals surface area (Å²) in [6.07, 6.45) is 7.43. The zero-order valence-corrected chi connectivity index (χ0v) is 13.3. The highest BCUT2D eigenvalue weighted by atomic mass is 15.2. The second kappa shape index (κ2) is 7.63. The number of nitrogens with one attached hydrogen (secondary N) is 1. The minimum absolute atomic E-state index is 0.744. The number of anilines is 1. The molecule has 1 aromatic rings. The summed E-state index contributed by atoms with van der Waals surface area (Å²) < 4.78 is 0. The summed E-state index contributed by atoms with van der Waals surface area (Å²) in [5.74, 6) is 1.21. The molecule has 1 fully saturated rings. The van der Waals surface area contributed by atoms with Crippen molar-refractivity contribution in [3.63, 3.8) is 0 Å². The molecule has 0 saturated heterocycles. The molecule has 0 amide bonds. The predicted molar refractivity (Wildman–Crippen MR) is 86.3 cm³/mol. The molecule has 20 heavy (non-hydrogen) atoms. The molecule has 0 aliphatic heterocycles. The molecule has 1 aromatic heterocycles.